The quantitative estimate of drug-likeness (QED) is 0.502. The van der Waals surface area contributed by atoms with Crippen LogP contribution in [-0.4, -0.2) is 29.5 Å². The van der Waals surface area contributed by atoms with Gasteiger partial charge in [0.05, 0.1) is 0 Å². The zero-order chi connectivity index (χ0) is 11.5. The summed E-state index contributed by atoms with van der Waals surface area (Å²) in [6, 6.07) is 0. The fraction of sp³-hybridized carbons (Fsp3) is 0.909. The fourth-order valence-electron chi connectivity index (χ4n) is 1.24. The maximum Gasteiger partial charge on any atom is 0.219 e. The third-order valence-corrected chi connectivity index (χ3v) is 2.86. The first-order valence-electron chi connectivity index (χ1n) is 5.64. The van der Waals surface area contributed by atoms with E-state index < -0.39 is 0 Å². The van der Waals surface area contributed by atoms with Crippen LogP contribution in [0, 0.1) is 5.92 Å². The predicted octanol–water partition coefficient (Wildman–Crippen LogP) is 2.08. The maximum atomic E-state index is 11.3. The minimum atomic E-state index is 0.146. The number of amides is 1. The number of hydrogen-bond acceptors (Lipinski definition) is 2. The highest BCUT2D eigenvalue weighted by Crippen LogP contribution is 2.03. The number of aliphatic hydroxyl groups excluding tert-OH is 1. The number of unbranched alkanes of at least 4 members (excludes halogenated alkanes) is 1. The highest BCUT2D eigenvalue weighted by atomic mass is 79.9. The Balaban J connectivity index is 3.23. The molecule has 0 spiro atoms. The zero-order valence-electron chi connectivity index (χ0n) is 9.47. The van der Waals surface area contributed by atoms with Crippen LogP contribution in [0.3, 0.4) is 0 Å². The second kappa shape index (κ2) is 10.4. The van der Waals surface area contributed by atoms with Gasteiger partial charge in [-0.25, -0.2) is 0 Å². The number of nitrogens with one attached hydrogen (secondary N) is 1. The van der Waals surface area contributed by atoms with Crippen LogP contribution in [0.5, 0.6) is 0 Å². The first kappa shape index (κ1) is 14.9. The molecule has 0 aromatic carbocycles. The molecular formula is C11H22BrNO2. The first-order valence-corrected chi connectivity index (χ1v) is 6.76. The molecule has 0 aromatic heterocycles. The van der Waals surface area contributed by atoms with Gasteiger partial charge in [0.1, 0.15) is 0 Å². The van der Waals surface area contributed by atoms with E-state index in [1.54, 1.807) is 0 Å². The Morgan fingerprint density at radius 1 is 1.40 bits per heavy atom. The lowest BCUT2D eigenvalue weighted by Crippen LogP contribution is -2.24. The van der Waals surface area contributed by atoms with E-state index >= 15 is 0 Å². The topological polar surface area (TPSA) is 49.3 Å². The summed E-state index contributed by atoms with van der Waals surface area (Å²) in [5, 5.41) is 12.6. The van der Waals surface area contributed by atoms with E-state index in [1.807, 2.05) is 6.92 Å². The second-order valence-electron chi connectivity index (χ2n) is 3.93. The SMILES string of the molecule is CC(CO)CCCNC(=O)CCCCBr. The lowest BCUT2D eigenvalue weighted by molar-refractivity contribution is -0.121. The van der Waals surface area contributed by atoms with Gasteiger partial charge in [0.2, 0.25) is 5.91 Å². The van der Waals surface area contributed by atoms with Crippen LogP contribution in [0.1, 0.15) is 39.0 Å². The van der Waals surface area contributed by atoms with Crippen LogP contribution in [0.25, 0.3) is 0 Å². The van der Waals surface area contributed by atoms with Crippen LogP contribution in [0.15, 0.2) is 0 Å². The highest BCUT2D eigenvalue weighted by molar-refractivity contribution is 9.09. The van der Waals surface area contributed by atoms with E-state index in [1.165, 1.54) is 0 Å². The Morgan fingerprint density at radius 2 is 2.13 bits per heavy atom. The van der Waals surface area contributed by atoms with E-state index in [2.05, 4.69) is 21.2 Å². The Bertz CT molecular complexity index is 165. The van der Waals surface area contributed by atoms with Crippen LogP contribution in [0.4, 0.5) is 0 Å². The van der Waals surface area contributed by atoms with Crippen molar-refractivity contribution in [1.29, 1.82) is 0 Å². The molecule has 1 atom stereocenters. The Labute approximate surface area is 101 Å². The van der Waals surface area contributed by atoms with E-state index in [4.69, 9.17) is 5.11 Å². The van der Waals surface area contributed by atoms with E-state index in [-0.39, 0.29) is 12.5 Å². The molecule has 0 aliphatic heterocycles. The largest absolute Gasteiger partial charge is 0.396 e. The predicted molar refractivity (Wildman–Crippen MR) is 66.1 cm³/mol. The van der Waals surface area contributed by atoms with Gasteiger partial charge in [-0.2, -0.15) is 0 Å². The van der Waals surface area contributed by atoms with Crippen LogP contribution >= 0.6 is 15.9 Å². The van der Waals surface area contributed by atoms with Crippen molar-refractivity contribution in [2.24, 2.45) is 5.92 Å². The molecule has 0 saturated carbocycles. The van der Waals surface area contributed by atoms with Gasteiger partial charge < -0.3 is 10.4 Å². The summed E-state index contributed by atoms with van der Waals surface area (Å²) in [6.45, 7) is 2.98. The van der Waals surface area contributed by atoms with Gasteiger partial charge >= 0.3 is 0 Å². The molecule has 0 saturated heterocycles. The van der Waals surface area contributed by atoms with Gasteiger partial charge in [0.15, 0.2) is 0 Å². The van der Waals surface area contributed by atoms with Crippen molar-refractivity contribution in [2.45, 2.75) is 39.0 Å². The molecule has 0 aliphatic carbocycles. The minimum Gasteiger partial charge on any atom is -0.396 e. The minimum absolute atomic E-state index is 0.146. The average molecular weight is 280 g/mol. The lowest BCUT2D eigenvalue weighted by atomic mass is 10.1. The number of hydrogen-bond donors (Lipinski definition) is 2. The summed E-state index contributed by atoms with van der Waals surface area (Å²) in [5.41, 5.74) is 0. The fourth-order valence-corrected chi connectivity index (χ4v) is 1.63. The van der Waals surface area contributed by atoms with Crippen LogP contribution in [-0.2, 0) is 4.79 Å². The molecule has 3 nitrogen and oxygen atoms in total. The zero-order valence-corrected chi connectivity index (χ0v) is 11.1. The monoisotopic (exact) mass is 279 g/mol. The summed E-state index contributed by atoms with van der Waals surface area (Å²) >= 11 is 3.33. The van der Waals surface area contributed by atoms with Crippen molar-refractivity contribution >= 4 is 21.8 Å². The lowest BCUT2D eigenvalue weighted by Gasteiger charge is -2.08. The summed E-state index contributed by atoms with van der Waals surface area (Å²) < 4.78 is 0. The molecule has 0 fully saturated rings. The van der Waals surface area contributed by atoms with E-state index in [9.17, 15) is 4.79 Å². The maximum absolute atomic E-state index is 11.3. The number of alkyl halides is 1. The molecule has 0 rings (SSSR count). The smallest absolute Gasteiger partial charge is 0.219 e. The summed E-state index contributed by atoms with van der Waals surface area (Å²) in [6.07, 6.45) is 4.55. The van der Waals surface area contributed by atoms with Crippen molar-refractivity contribution in [3.63, 3.8) is 0 Å². The van der Waals surface area contributed by atoms with Crippen molar-refractivity contribution in [3.8, 4) is 0 Å². The number of carbonyl (C=O) groups excluding carboxylic acids is 1. The van der Waals surface area contributed by atoms with E-state index in [0.717, 1.165) is 37.6 Å². The van der Waals surface area contributed by atoms with Gasteiger partial charge in [0, 0.05) is 24.9 Å². The summed E-state index contributed by atoms with van der Waals surface area (Å²) in [7, 11) is 0. The van der Waals surface area contributed by atoms with Crippen LogP contribution in [0.2, 0.25) is 0 Å². The molecule has 15 heavy (non-hydrogen) atoms. The van der Waals surface area contributed by atoms with Crippen molar-refractivity contribution in [3.05, 3.63) is 0 Å². The van der Waals surface area contributed by atoms with Gasteiger partial charge in [-0.15, -0.1) is 0 Å². The molecule has 4 heteroatoms. The van der Waals surface area contributed by atoms with Crippen molar-refractivity contribution in [2.75, 3.05) is 18.5 Å². The summed E-state index contributed by atoms with van der Waals surface area (Å²) in [5.74, 6) is 0.489. The molecule has 1 unspecified atom stereocenters. The molecule has 0 bridgehead atoms. The molecule has 0 radical (unpaired) electrons. The van der Waals surface area contributed by atoms with Crippen LogP contribution < -0.4 is 5.32 Å². The molecule has 0 aliphatic rings. The number of aliphatic hydroxyl groups is 1. The second-order valence-corrected chi connectivity index (χ2v) is 4.72. The Morgan fingerprint density at radius 3 is 2.73 bits per heavy atom. The third-order valence-electron chi connectivity index (χ3n) is 2.30. The molecule has 90 valence electrons. The number of rotatable bonds is 9. The highest BCUT2D eigenvalue weighted by Gasteiger charge is 2.02. The Hall–Kier alpha value is -0.0900. The summed E-state index contributed by atoms with van der Waals surface area (Å²) in [4.78, 5) is 11.3. The standard InChI is InChI=1S/C11H22BrNO2/c1-10(9-14)5-4-8-13-11(15)6-2-3-7-12/h10,14H,2-9H2,1H3,(H,13,15). The van der Waals surface area contributed by atoms with Gasteiger partial charge in [-0.3, -0.25) is 4.79 Å². The number of carbonyl (C=O) groups is 1. The van der Waals surface area contributed by atoms with Crippen molar-refractivity contribution in [1.82, 2.24) is 5.32 Å². The third kappa shape index (κ3) is 10.2. The Kier molecular flexibility index (Phi) is 10.4. The van der Waals surface area contributed by atoms with E-state index in [0.29, 0.717) is 12.3 Å². The first-order chi connectivity index (χ1) is 7.20. The molecule has 1 amide bonds. The average Bonchev–Trinajstić information content (AvgIpc) is 2.24. The normalized spacial score (nSPS) is 12.5. The molecule has 2 N–H and O–H groups in total. The van der Waals surface area contributed by atoms with Crippen molar-refractivity contribution < 1.29 is 9.90 Å². The van der Waals surface area contributed by atoms with Gasteiger partial charge in [0.25, 0.3) is 0 Å². The molecule has 0 aromatic rings. The number of halogens is 1. The van der Waals surface area contributed by atoms with Gasteiger partial charge in [-0.05, 0) is 31.6 Å². The molecular weight excluding hydrogens is 258 g/mol. The van der Waals surface area contributed by atoms with Gasteiger partial charge in [-0.1, -0.05) is 22.9 Å². The molecule has 0 heterocycles.